The molecule has 4 nitrogen and oxygen atoms in total. The Labute approximate surface area is 231 Å². The molecule has 0 unspecified atom stereocenters. The third kappa shape index (κ3) is 3.73. The third-order valence-electron chi connectivity index (χ3n) is 6.96. The van der Waals surface area contributed by atoms with Gasteiger partial charge in [0.05, 0.1) is 6.85 Å². The Balaban J connectivity index is 1.38. The predicted molar refractivity (Wildman–Crippen MR) is 158 cm³/mol. The van der Waals surface area contributed by atoms with Crippen molar-refractivity contribution in [2.45, 2.75) is 0 Å². The Morgan fingerprint density at radius 3 is 1.77 bits per heavy atom. The van der Waals surface area contributed by atoms with E-state index in [2.05, 4.69) is 17.1 Å². The molecule has 0 aliphatic heterocycles. The van der Waals surface area contributed by atoms with Crippen LogP contribution >= 0.6 is 0 Å². The minimum atomic E-state index is -0.474. The lowest BCUT2D eigenvalue weighted by Crippen LogP contribution is -2.00. The van der Waals surface area contributed by atoms with Crippen LogP contribution in [0.1, 0.15) is 6.85 Å². The van der Waals surface area contributed by atoms with Crippen molar-refractivity contribution in [3.63, 3.8) is 0 Å². The van der Waals surface area contributed by atoms with Gasteiger partial charge in [0.1, 0.15) is 11.2 Å². The minimum absolute atomic E-state index is 0.00157. The van der Waals surface area contributed by atoms with Gasteiger partial charge >= 0.3 is 0 Å². The summed E-state index contributed by atoms with van der Waals surface area (Å²) < 4.78 is 47.9. The quantitative estimate of drug-likeness (QED) is 0.241. The lowest BCUT2D eigenvalue weighted by atomic mass is 10.0. The molecule has 0 aliphatic carbocycles. The second-order valence-electron chi connectivity index (χ2n) is 9.38. The minimum Gasteiger partial charge on any atom is -0.456 e. The van der Waals surface area contributed by atoms with E-state index in [1.807, 2.05) is 84.9 Å². The first-order chi connectivity index (χ1) is 21.4. The highest BCUT2D eigenvalue weighted by Crippen LogP contribution is 2.35. The Morgan fingerprint density at radius 2 is 1.03 bits per heavy atom. The zero-order valence-corrected chi connectivity index (χ0v) is 20.5. The van der Waals surface area contributed by atoms with Crippen LogP contribution in [0.2, 0.25) is 0 Å². The summed E-state index contributed by atoms with van der Waals surface area (Å²) in [7, 11) is 0. The fourth-order valence-corrected chi connectivity index (χ4v) is 5.04. The van der Waals surface area contributed by atoms with Crippen LogP contribution in [0.15, 0.2) is 132 Å². The van der Waals surface area contributed by atoms with Crippen molar-refractivity contribution >= 4 is 43.5 Å². The standard InChI is InChI=1S/C35H21N3O/c1-2-9-23(10-3-1)33-36-34(27-15-14-22-8-4-5-11-24(22)18-27)38-35(37-33)28-16-17-31-29(20-28)30-19-25-12-6-7-13-26(25)21-32(30)39-31/h1-21H/i1D,2D,3D,9D,10D. The zero-order valence-electron chi connectivity index (χ0n) is 25.5. The van der Waals surface area contributed by atoms with E-state index in [4.69, 9.17) is 21.2 Å². The summed E-state index contributed by atoms with van der Waals surface area (Å²) in [6, 6.07) is 29.6. The molecule has 6 aromatic carbocycles. The van der Waals surface area contributed by atoms with Gasteiger partial charge in [-0.05, 0) is 57.9 Å². The SMILES string of the molecule is [2H]c1c([2H])c([2H])c(-c2nc(-c3ccc4ccccc4c3)nc(-c3ccc4oc5cc6ccccc6cc5c4c3)n2)c([2H])c1[2H]. The predicted octanol–water partition coefficient (Wildman–Crippen LogP) is 9.08. The number of rotatable bonds is 3. The molecule has 39 heavy (non-hydrogen) atoms. The highest BCUT2D eigenvalue weighted by Gasteiger charge is 2.15. The van der Waals surface area contributed by atoms with Gasteiger partial charge < -0.3 is 4.42 Å². The van der Waals surface area contributed by atoms with Crippen molar-refractivity contribution in [2.24, 2.45) is 0 Å². The molecule has 4 heteroatoms. The third-order valence-corrected chi connectivity index (χ3v) is 6.96. The smallest absolute Gasteiger partial charge is 0.164 e. The lowest BCUT2D eigenvalue weighted by molar-refractivity contribution is 0.669. The Kier molecular flexibility index (Phi) is 3.80. The van der Waals surface area contributed by atoms with Crippen LogP contribution in [0.3, 0.4) is 0 Å². The Morgan fingerprint density at radius 1 is 0.462 bits per heavy atom. The van der Waals surface area contributed by atoms with Crippen LogP contribution in [0.25, 0.3) is 77.6 Å². The molecule has 2 aromatic heterocycles. The van der Waals surface area contributed by atoms with E-state index in [0.717, 1.165) is 37.9 Å². The molecule has 0 saturated heterocycles. The molecule has 8 rings (SSSR count). The number of benzene rings is 6. The zero-order chi connectivity index (χ0) is 30.1. The maximum atomic E-state index is 8.59. The molecule has 0 saturated carbocycles. The topological polar surface area (TPSA) is 51.8 Å². The van der Waals surface area contributed by atoms with Gasteiger partial charge in [-0.2, -0.15) is 0 Å². The fraction of sp³-hybridized carbons (Fsp3) is 0. The Hall–Kier alpha value is -5.35. The van der Waals surface area contributed by atoms with Gasteiger partial charge in [-0.1, -0.05) is 90.9 Å². The second-order valence-corrected chi connectivity index (χ2v) is 9.38. The molecule has 0 fully saturated rings. The molecule has 0 atom stereocenters. The highest BCUT2D eigenvalue weighted by atomic mass is 16.3. The first-order valence-corrected chi connectivity index (χ1v) is 12.5. The maximum Gasteiger partial charge on any atom is 0.164 e. The first-order valence-electron chi connectivity index (χ1n) is 15.0. The molecule has 0 bridgehead atoms. The maximum absolute atomic E-state index is 8.59. The largest absolute Gasteiger partial charge is 0.456 e. The van der Waals surface area contributed by atoms with E-state index in [0.29, 0.717) is 28.4 Å². The van der Waals surface area contributed by atoms with Gasteiger partial charge in [0.2, 0.25) is 0 Å². The summed E-state index contributed by atoms with van der Waals surface area (Å²) >= 11 is 0. The molecule has 0 radical (unpaired) electrons. The van der Waals surface area contributed by atoms with Crippen LogP contribution in [-0.4, -0.2) is 15.0 Å². The van der Waals surface area contributed by atoms with Crippen molar-refractivity contribution < 1.29 is 11.3 Å². The number of fused-ring (bicyclic) bond motifs is 5. The van der Waals surface area contributed by atoms with Gasteiger partial charge in [-0.3, -0.25) is 0 Å². The van der Waals surface area contributed by atoms with Gasteiger partial charge in [-0.25, -0.2) is 15.0 Å². The first kappa shape index (κ1) is 17.2. The molecule has 8 aromatic rings. The van der Waals surface area contributed by atoms with Crippen LogP contribution in [0.5, 0.6) is 0 Å². The summed E-state index contributed by atoms with van der Waals surface area (Å²) in [5, 5.41) is 6.07. The summed E-state index contributed by atoms with van der Waals surface area (Å²) in [4.78, 5) is 14.2. The van der Waals surface area contributed by atoms with E-state index >= 15 is 0 Å². The molecule has 0 spiro atoms. The Bertz CT molecular complexity index is 2440. The van der Waals surface area contributed by atoms with Gasteiger partial charge in [0, 0.05) is 27.5 Å². The van der Waals surface area contributed by atoms with Gasteiger partial charge in [0.25, 0.3) is 0 Å². The summed E-state index contributed by atoms with van der Waals surface area (Å²) in [5.74, 6) is 0.631. The van der Waals surface area contributed by atoms with Gasteiger partial charge in [0.15, 0.2) is 17.5 Å². The molecular weight excluding hydrogens is 478 g/mol. The van der Waals surface area contributed by atoms with Crippen LogP contribution in [0.4, 0.5) is 0 Å². The fourth-order valence-electron chi connectivity index (χ4n) is 5.04. The monoisotopic (exact) mass is 504 g/mol. The second kappa shape index (κ2) is 8.61. The number of hydrogen-bond acceptors (Lipinski definition) is 4. The van der Waals surface area contributed by atoms with Crippen LogP contribution in [0, 0.1) is 0 Å². The van der Waals surface area contributed by atoms with Crippen molar-refractivity contribution in [3.8, 4) is 34.2 Å². The summed E-state index contributed by atoms with van der Waals surface area (Å²) in [5.41, 5.74) is 2.79. The normalized spacial score (nSPS) is 13.4. The number of nitrogens with zero attached hydrogens (tertiary/aromatic N) is 3. The lowest BCUT2D eigenvalue weighted by Gasteiger charge is -2.09. The molecule has 0 aliphatic rings. The van der Waals surface area contributed by atoms with Crippen molar-refractivity contribution in [3.05, 3.63) is 127 Å². The average Bonchev–Trinajstić information content (AvgIpc) is 3.41. The van der Waals surface area contributed by atoms with Crippen LogP contribution in [-0.2, 0) is 0 Å². The highest BCUT2D eigenvalue weighted by molar-refractivity contribution is 6.10. The average molecular weight is 505 g/mol. The van der Waals surface area contributed by atoms with Crippen LogP contribution < -0.4 is 0 Å². The van der Waals surface area contributed by atoms with E-state index < -0.39 is 18.1 Å². The van der Waals surface area contributed by atoms with E-state index in [1.165, 1.54) is 0 Å². The molecular formula is C35H21N3O. The number of furan rings is 1. The van der Waals surface area contributed by atoms with Gasteiger partial charge in [-0.15, -0.1) is 0 Å². The number of hydrogen-bond donors (Lipinski definition) is 0. The molecule has 182 valence electrons. The molecule has 0 amide bonds. The van der Waals surface area contributed by atoms with Crippen molar-refractivity contribution in [1.82, 2.24) is 15.0 Å². The van der Waals surface area contributed by atoms with E-state index in [1.54, 1.807) is 0 Å². The van der Waals surface area contributed by atoms with Crippen molar-refractivity contribution in [1.29, 1.82) is 0 Å². The molecule has 2 heterocycles. The summed E-state index contributed by atoms with van der Waals surface area (Å²) in [6.45, 7) is 0. The van der Waals surface area contributed by atoms with E-state index in [9.17, 15) is 0 Å². The molecule has 0 N–H and O–H groups in total. The number of aromatic nitrogens is 3. The van der Waals surface area contributed by atoms with Crippen molar-refractivity contribution in [2.75, 3.05) is 0 Å². The summed E-state index contributed by atoms with van der Waals surface area (Å²) in [6.07, 6.45) is 0. The van der Waals surface area contributed by atoms with E-state index in [-0.39, 0.29) is 23.5 Å².